The van der Waals surface area contributed by atoms with Crippen molar-refractivity contribution in [2.45, 2.75) is 0 Å². The normalized spacial score (nSPS) is 14.0. The molecule has 0 radical (unpaired) electrons. The fourth-order valence-corrected chi connectivity index (χ4v) is 1.42. The number of hydrogen-bond acceptors (Lipinski definition) is 6. The molecule has 2 N–H and O–H groups in total. The van der Waals surface area contributed by atoms with E-state index in [9.17, 15) is 0 Å². The molecule has 1 aromatic carbocycles. The molecule has 0 unspecified atom stereocenters. The smallest absolute Gasteiger partial charge is 0.196 e. The van der Waals surface area contributed by atoms with Gasteiger partial charge in [-0.2, -0.15) is 0 Å². The molecule has 0 saturated carbocycles. The summed E-state index contributed by atoms with van der Waals surface area (Å²) < 4.78 is 10.5. The molecular formula is C10H12N2O4. The van der Waals surface area contributed by atoms with Gasteiger partial charge in [-0.25, -0.2) is 11.0 Å². The van der Waals surface area contributed by atoms with E-state index in [1.54, 1.807) is 14.2 Å². The molecule has 0 aromatic heterocycles. The molecule has 1 heterocycles. The predicted octanol–water partition coefficient (Wildman–Crippen LogP) is 0.939. The minimum absolute atomic E-state index is 0.479. The average molecular weight is 224 g/mol. The Labute approximate surface area is 92.6 Å². The van der Waals surface area contributed by atoms with E-state index in [2.05, 4.69) is 20.9 Å². The van der Waals surface area contributed by atoms with Crippen LogP contribution in [0.4, 0.5) is 0 Å². The summed E-state index contributed by atoms with van der Waals surface area (Å²) in [6, 6.07) is 7.47. The van der Waals surface area contributed by atoms with Crippen LogP contribution in [-0.2, 0) is 14.7 Å². The second-order valence-electron chi connectivity index (χ2n) is 2.98. The zero-order valence-electron chi connectivity index (χ0n) is 8.94. The third-order valence-corrected chi connectivity index (χ3v) is 2.11. The van der Waals surface area contributed by atoms with E-state index in [4.69, 9.17) is 9.47 Å². The van der Waals surface area contributed by atoms with Gasteiger partial charge in [0.15, 0.2) is 11.6 Å². The SMILES string of the molecule is COC(=C1NOON1)c1ccccc1OC. The van der Waals surface area contributed by atoms with Gasteiger partial charge in [0.25, 0.3) is 0 Å². The van der Waals surface area contributed by atoms with Crippen LogP contribution in [0.1, 0.15) is 5.56 Å². The van der Waals surface area contributed by atoms with Crippen molar-refractivity contribution in [3.8, 4) is 5.75 Å². The largest absolute Gasteiger partial charge is 0.496 e. The van der Waals surface area contributed by atoms with Crippen LogP contribution in [-0.4, -0.2) is 14.2 Å². The van der Waals surface area contributed by atoms with Gasteiger partial charge in [-0.1, -0.05) is 22.1 Å². The first-order valence-corrected chi connectivity index (χ1v) is 4.63. The highest BCUT2D eigenvalue weighted by molar-refractivity contribution is 5.67. The third-order valence-electron chi connectivity index (χ3n) is 2.11. The van der Waals surface area contributed by atoms with Gasteiger partial charge in [-0.3, -0.25) is 0 Å². The standard InChI is InChI=1S/C10H12N2O4/c1-13-8-6-4-3-5-7(8)9(14-2)10-11-15-16-12-10/h3-6,11-12H,1-2H3. The van der Waals surface area contributed by atoms with Gasteiger partial charge in [0, 0.05) is 0 Å². The number of benzene rings is 1. The second kappa shape index (κ2) is 4.73. The van der Waals surface area contributed by atoms with Crippen LogP contribution in [0.25, 0.3) is 5.76 Å². The molecule has 6 nitrogen and oxygen atoms in total. The van der Waals surface area contributed by atoms with E-state index in [0.29, 0.717) is 17.3 Å². The van der Waals surface area contributed by atoms with E-state index in [0.717, 1.165) is 5.56 Å². The maximum atomic E-state index is 5.28. The van der Waals surface area contributed by atoms with Crippen LogP contribution in [0.3, 0.4) is 0 Å². The molecule has 6 heteroatoms. The summed E-state index contributed by atoms with van der Waals surface area (Å²) in [4.78, 5) is 8.99. The fourth-order valence-electron chi connectivity index (χ4n) is 1.42. The van der Waals surface area contributed by atoms with E-state index in [-0.39, 0.29) is 0 Å². The van der Waals surface area contributed by atoms with Crippen molar-refractivity contribution in [2.24, 2.45) is 0 Å². The lowest BCUT2D eigenvalue weighted by Crippen LogP contribution is -2.13. The van der Waals surface area contributed by atoms with Crippen LogP contribution >= 0.6 is 0 Å². The number of rotatable bonds is 3. The van der Waals surface area contributed by atoms with Crippen LogP contribution in [0.5, 0.6) is 5.75 Å². The number of para-hydroxylation sites is 1. The van der Waals surface area contributed by atoms with Crippen molar-refractivity contribution in [3.63, 3.8) is 0 Å². The summed E-state index contributed by atoms with van der Waals surface area (Å²) in [5.74, 6) is 1.71. The fraction of sp³-hybridized carbons (Fsp3) is 0.200. The Morgan fingerprint density at radius 1 is 1.12 bits per heavy atom. The number of ether oxygens (including phenoxy) is 2. The predicted molar refractivity (Wildman–Crippen MR) is 55.4 cm³/mol. The zero-order valence-corrected chi connectivity index (χ0v) is 8.94. The number of methoxy groups -OCH3 is 2. The van der Waals surface area contributed by atoms with Gasteiger partial charge >= 0.3 is 0 Å². The molecule has 86 valence electrons. The Morgan fingerprint density at radius 3 is 2.44 bits per heavy atom. The molecule has 0 aliphatic carbocycles. The lowest BCUT2D eigenvalue weighted by Gasteiger charge is -2.11. The van der Waals surface area contributed by atoms with Crippen molar-refractivity contribution in [2.75, 3.05) is 14.2 Å². The lowest BCUT2D eigenvalue weighted by molar-refractivity contribution is -0.316. The molecule has 1 aromatic rings. The Morgan fingerprint density at radius 2 is 1.81 bits per heavy atom. The molecule has 1 saturated heterocycles. The maximum absolute atomic E-state index is 5.28. The number of hydrogen-bond donors (Lipinski definition) is 2. The highest BCUT2D eigenvalue weighted by Crippen LogP contribution is 2.27. The Hall–Kier alpha value is -1.92. The maximum Gasteiger partial charge on any atom is 0.196 e. The third kappa shape index (κ3) is 1.88. The van der Waals surface area contributed by atoms with Crippen molar-refractivity contribution in [3.05, 3.63) is 35.6 Å². The molecule has 0 spiro atoms. The van der Waals surface area contributed by atoms with Gasteiger partial charge in [-0.05, 0) is 12.1 Å². The lowest BCUT2D eigenvalue weighted by atomic mass is 10.1. The monoisotopic (exact) mass is 224 g/mol. The molecule has 1 fully saturated rings. The molecule has 1 aliphatic rings. The summed E-state index contributed by atoms with van der Waals surface area (Å²) in [6.45, 7) is 0. The van der Waals surface area contributed by atoms with E-state index in [1.807, 2.05) is 24.3 Å². The van der Waals surface area contributed by atoms with Gasteiger partial charge in [0.1, 0.15) is 5.75 Å². The molecule has 2 rings (SSSR count). The van der Waals surface area contributed by atoms with Crippen molar-refractivity contribution < 1.29 is 19.5 Å². The first-order valence-electron chi connectivity index (χ1n) is 4.63. The van der Waals surface area contributed by atoms with Crippen molar-refractivity contribution in [1.29, 1.82) is 0 Å². The highest BCUT2D eigenvalue weighted by Gasteiger charge is 2.18. The van der Waals surface area contributed by atoms with Crippen LogP contribution in [0.2, 0.25) is 0 Å². The minimum Gasteiger partial charge on any atom is -0.496 e. The topological polar surface area (TPSA) is 61.0 Å². The van der Waals surface area contributed by atoms with Crippen LogP contribution < -0.4 is 15.7 Å². The zero-order chi connectivity index (χ0) is 11.4. The number of nitrogens with one attached hydrogen (secondary N) is 2. The minimum atomic E-state index is 0.479. The molecule has 0 amide bonds. The van der Waals surface area contributed by atoms with Crippen molar-refractivity contribution in [1.82, 2.24) is 11.0 Å². The number of hydroxylamine groups is 2. The summed E-state index contributed by atoms with van der Waals surface area (Å²) in [7, 11) is 3.15. The summed E-state index contributed by atoms with van der Waals surface area (Å²) >= 11 is 0. The first-order chi connectivity index (χ1) is 7.86. The molecule has 0 atom stereocenters. The van der Waals surface area contributed by atoms with Crippen molar-refractivity contribution >= 4 is 5.76 Å². The van der Waals surface area contributed by atoms with Gasteiger partial charge in [0.05, 0.1) is 19.8 Å². The first kappa shape index (κ1) is 10.6. The van der Waals surface area contributed by atoms with Crippen LogP contribution in [0, 0.1) is 0 Å². The summed E-state index contributed by atoms with van der Waals surface area (Å²) in [5.41, 5.74) is 5.83. The summed E-state index contributed by atoms with van der Waals surface area (Å²) in [6.07, 6.45) is 0. The molecule has 0 bridgehead atoms. The van der Waals surface area contributed by atoms with Gasteiger partial charge < -0.3 is 9.47 Å². The Kier molecular flexibility index (Phi) is 3.13. The molecular weight excluding hydrogens is 212 g/mol. The Balaban J connectivity index is 2.44. The molecule has 16 heavy (non-hydrogen) atoms. The van der Waals surface area contributed by atoms with E-state index < -0.39 is 0 Å². The molecule has 1 aliphatic heterocycles. The quantitative estimate of drug-likeness (QED) is 0.588. The average Bonchev–Trinajstić information content (AvgIpc) is 2.84. The Bertz CT molecular complexity index is 398. The van der Waals surface area contributed by atoms with Gasteiger partial charge in [0.2, 0.25) is 0 Å². The highest BCUT2D eigenvalue weighted by atomic mass is 17.3. The van der Waals surface area contributed by atoms with Gasteiger partial charge in [-0.15, -0.1) is 0 Å². The second-order valence-corrected chi connectivity index (χ2v) is 2.98. The van der Waals surface area contributed by atoms with Crippen LogP contribution in [0.15, 0.2) is 30.1 Å². The summed E-state index contributed by atoms with van der Waals surface area (Å²) in [5, 5.41) is 0. The van der Waals surface area contributed by atoms with E-state index >= 15 is 0 Å². The van der Waals surface area contributed by atoms with E-state index in [1.165, 1.54) is 0 Å².